The van der Waals surface area contributed by atoms with Gasteiger partial charge in [0.05, 0.1) is 33.1 Å². The van der Waals surface area contributed by atoms with Crippen LogP contribution in [0.3, 0.4) is 0 Å². The highest BCUT2D eigenvalue weighted by Crippen LogP contribution is 2.50. The van der Waals surface area contributed by atoms with E-state index in [4.69, 9.17) is 14.2 Å². The van der Waals surface area contributed by atoms with Gasteiger partial charge in [0.15, 0.2) is 11.5 Å². The zero-order chi connectivity index (χ0) is 32.1. The van der Waals surface area contributed by atoms with Gasteiger partial charge in [-0.2, -0.15) is 11.8 Å². The highest BCUT2D eigenvalue weighted by molar-refractivity contribution is 7.98. The maximum atomic E-state index is 13.8. The fraction of sp³-hybridized carbons (Fsp3) is 0.324. The van der Waals surface area contributed by atoms with Crippen LogP contribution in [0, 0.1) is 0 Å². The number of nitrogens with one attached hydrogen (secondary N) is 4. The van der Waals surface area contributed by atoms with Crippen molar-refractivity contribution in [2.24, 2.45) is 0 Å². The first kappa shape index (κ1) is 31.8. The number of aromatic nitrogens is 1. The number of carbonyl (C=O) groups is 2. The summed E-state index contributed by atoms with van der Waals surface area (Å²) in [6.45, 7) is 1.46. The molecule has 0 saturated carbocycles. The Morgan fingerprint density at radius 1 is 1.02 bits per heavy atom. The second-order valence-corrected chi connectivity index (χ2v) is 11.8. The number of rotatable bonds is 11. The smallest absolute Gasteiger partial charge is 0.246 e. The fourth-order valence-corrected chi connectivity index (χ4v) is 6.35. The van der Waals surface area contributed by atoms with Gasteiger partial charge in [0.2, 0.25) is 23.0 Å². The lowest BCUT2D eigenvalue weighted by atomic mass is 9.95. The van der Waals surface area contributed by atoms with Crippen molar-refractivity contribution in [3.63, 3.8) is 0 Å². The Balaban J connectivity index is 1.58. The summed E-state index contributed by atoms with van der Waals surface area (Å²) in [5.74, 6) is 1.69. The molecular weight excluding hydrogens is 592 g/mol. The summed E-state index contributed by atoms with van der Waals surface area (Å²) in [6, 6.07) is 13.5. The van der Waals surface area contributed by atoms with E-state index in [2.05, 4.69) is 20.9 Å². The molecule has 1 aliphatic carbocycles. The maximum absolute atomic E-state index is 13.8. The number of aromatic amines is 1. The Morgan fingerprint density at radius 2 is 1.82 bits per heavy atom. The Labute approximate surface area is 266 Å². The van der Waals surface area contributed by atoms with Crippen LogP contribution in [-0.4, -0.2) is 56.2 Å². The Bertz CT molecular complexity index is 1790. The number of fused-ring (bicyclic) bond motifs is 4. The summed E-state index contributed by atoms with van der Waals surface area (Å²) in [5, 5.41) is 10.2. The van der Waals surface area contributed by atoms with Crippen molar-refractivity contribution in [1.29, 1.82) is 0 Å². The number of hydrogen-bond acceptors (Lipinski definition) is 8. The molecule has 236 valence electrons. The van der Waals surface area contributed by atoms with Crippen molar-refractivity contribution in [2.75, 3.05) is 44.0 Å². The predicted octanol–water partition coefficient (Wildman–Crippen LogP) is 5.52. The van der Waals surface area contributed by atoms with Gasteiger partial charge < -0.3 is 35.1 Å². The molecule has 2 atom stereocenters. The van der Waals surface area contributed by atoms with Crippen LogP contribution in [0.2, 0.25) is 0 Å². The number of methoxy groups -OCH3 is 3. The van der Waals surface area contributed by atoms with Crippen LogP contribution in [0.5, 0.6) is 17.2 Å². The number of hydrogen-bond donors (Lipinski definition) is 4. The largest absolute Gasteiger partial charge is 0.493 e. The highest BCUT2D eigenvalue weighted by atomic mass is 32.2. The molecule has 0 spiro atoms. The summed E-state index contributed by atoms with van der Waals surface area (Å²) in [5.41, 5.74) is 4.68. The zero-order valence-corrected chi connectivity index (χ0v) is 26.9. The average Bonchev–Trinajstić information content (AvgIpc) is 3.38. The van der Waals surface area contributed by atoms with Gasteiger partial charge in [0, 0.05) is 35.3 Å². The van der Waals surface area contributed by atoms with Crippen LogP contribution in [0.15, 0.2) is 59.5 Å². The third-order valence-corrected chi connectivity index (χ3v) is 8.64. The van der Waals surface area contributed by atoms with E-state index in [0.29, 0.717) is 59.1 Å². The number of benzene rings is 2. The van der Waals surface area contributed by atoms with Gasteiger partial charge in [-0.25, -0.2) is 0 Å². The van der Waals surface area contributed by atoms with Crippen LogP contribution in [0.1, 0.15) is 36.9 Å². The molecule has 0 bridgehead atoms. The minimum Gasteiger partial charge on any atom is -0.493 e. The SMILES string of the molecule is COc1cc2c(c(OC)c1OC)-c1ccc(N[C@H](CCSC)C(=O)Nc3ccc4[nH]ccc4c3)c(=O)cc1[C@H](NC(C)=O)CC2. The number of H-pyrrole nitrogens is 1. The summed E-state index contributed by atoms with van der Waals surface area (Å²) in [6.07, 6.45) is 5.47. The van der Waals surface area contributed by atoms with Gasteiger partial charge in [-0.15, -0.1) is 0 Å². The van der Waals surface area contributed by atoms with Gasteiger partial charge in [-0.1, -0.05) is 6.07 Å². The van der Waals surface area contributed by atoms with Crippen molar-refractivity contribution < 1.29 is 23.8 Å². The van der Waals surface area contributed by atoms with E-state index in [0.717, 1.165) is 22.0 Å². The summed E-state index contributed by atoms with van der Waals surface area (Å²) in [4.78, 5) is 42.8. The molecule has 3 aromatic carbocycles. The van der Waals surface area contributed by atoms with Crippen LogP contribution >= 0.6 is 11.8 Å². The molecule has 45 heavy (non-hydrogen) atoms. The molecule has 10 nitrogen and oxygen atoms in total. The first-order valence-electron chi connectivity index (χ1n) is 14.7. The quantitative estimate of drug-likeness (QED) is 0.171. The highest BCUT2D eigenvalue weighted by Gasteiger charge is 2.30. The second-order valence-electron chi connectivity index (χ2n) is 10.8. The van der Waals surface area contributed by atoms with E-state index >= 15 is 0 Å². The second kappa shape index (κ2) is 14.0. The predicted molar refractivity (Wildman–Crippen MR) is 180 cm³/mol. The summed E-state index contributed by atoms with van der Waals surface area (Å²) >= 11 is 1.62. The normalized spacial score (nSPS) is 14.4. The third-order valence-electron chi connectivity index (χ3n) is 7.99. The number of carbonyl (C=O) groups excluding carboxylic acids is 2. The Hall–Kier alpha value is -4.64. The van der Waals surface area contributed by atoms with E-state index < -0.39 is 12.1 Å². The van der Waals surface area contributed by atoms with E-state index in [1.165, 1.54) is 6.92 Å². The molecule has 2 amide bonds. The summed E-state index contributed by atoms with van der Waals surface area (Å²) in [7, 11) is 4.67. The van der Waals surface area contributed by atoms with Crippen molar-refractivity contribution in [1.82, 2.24) is 10.3 Å². The minimum absolute atomic E-state index is 0.206. The monoisotopic (exact) mass is 630 g/mol. The number of aryl methyl sites for hydroxylation is 1. The van der Waals surface area contributed by atoms with E-state index in [-0.39, 0.29) is 22.9 Å². The molecule has 1 aromatic heterocycles. The van der Waals surface area contributed by atoms with Crippen molar-refractivity contribution in [2.45, 2.75) is 38.3 Å². The van der Waals surface area contributed by atoms with Gasteiger partial charge in [-0.05, 0) is 90.4 Å². The number of thioether (sulfide) groups is 1. The molecule has 0 aliphatic heterocycles. The molecular formula is C34H38N4O6S. The molecule has 0 fully saturated rings. The third kappa shape index (κ3) is 6.73. The lowest BCUT2D eigenvalue weighted by Gasteiger charge is -2.19. The molecule has 4 N–H and O–H groups in total. The van der Waals surface area contributed by atoms with Gasteiger partial charge >= 0.3 is 0 Å². The Morgan fingerprint density at radius 3 is 2.53 bits per heavy atom. The fourth-order valence-electron chi connectivity index (χ4n) is 5.88. The molecule has 0 unspecified atom stereocenters. The van der Waals surface area contributed by atoms with Crippen LogP contribution in [0.25, 0.3) is 22.0 Å². The molecule has 1 heterocycles. The standard InChI is InChI=1S/C34H38N4O6S/c1-19(39)36-26-9-6-21-17-30(42-2)32(43-3)33(44-4)31(21)23-8-11-27(29(40)18-24(23)26)38-28(13-15-45-5)34(41)37-22-7-10-25-20(16-22)12-14-35-25/h7-8,10-12,14,16-18,26,28,35H,6,9,13,15H2,1-5H3,(H,36,39)(H,37,41)(H,38,40)/t26-,28-/m1/s1. The van der Waals surface area contributed by atoms with Crippen LogP contribution in [0.4, 0.5) is 11.4 Å². The molecule has 1 aliphatic rings. The molecule has 11 heteroatoms. The van der Waals surface area contributed by atoms with Crippen molar-refractivity contribution >= 4 is 45.9 Å². The van der Waals surface area contributed by atoms with E-state index in [1.54, 1.807) is 45.2 Å². The molecule has 5 rings (SSSR count). The maximum Gasteiger partial charge on any atom is 0.246 e. The van der Waals surface area contributed by atoms with Crippen LogP contribution < -0.4 is 35.6 Å². The number of anilines is 2. The Kier molecular flexibility index (Phi) is 9.87. The first-order chi connectivity index (χ1) is 21.8. The first-order valence-corrected chi connectivity index (χ1v) is 16.1. The lowest BCUT2D eigenvalue weighted by molar-refractivity contribution is -0.120. The lowest BCUT2D eigenvalue weighted by Crippen LogP contribution is -2.36. The summed E-state index contributed by atoms with van der Waals surface area (Å²) < 4.78 is 17.2. The van der Waals surface area contributed by atoms with E-state index in [1.807, 2.05) is 48.9 Å². The molecule has 0 saturated heterocycles. The zero-order valence-electron chi connectivity index (χ0n) is 26.0. The average molecular weight is 631 g/mol. The molecule has 0 radical (unpaired) electrons. The van der Waals surface area contributed by atoms with E-state index in [9.17, 15) is 14.4 Å². The van der Waals surface area contributed by atoms with Gasteiger partial charge in [0.25, 0.3) is 0 Å². The van der Waals surface area contributed by atoms with Gasteiger partial charge in [-0.3, -0.25) is 14.4 Å². The molecule has 4 aromatic rings. The number of ether oxygens (including phenoxy) is 3. The number of amides is 2. The topological polar surface area (TPSA) is 131 Å². The van der Waals surface area contributed by atoms with Gasteiger partial charge in [0.1, 0.15) is 6.04 Å². The minimum atomic E-state index is -0.674. The van der Waals surface area contributed by atoms with Crippen LogP contribution in [-0.2, 0) is 16.0 Å². The van der Waals surface area contributed by atoms with Crippen molar-refractivity contribution in [3.05, 3.63) is 76.1 Å². The van der Waals surface area contributed by atoms with Crippen molar-refractivity contribution in [3.8, 4) is 28.4 Å².